The summed E-state index contributed by atoms with van der Waals surface area (Å²) in [5.74, 6) is 0.0774. The van der Waals surface area contributed by atoms with Crippen LogP contribution in [0.4, 0.5) is 0 Å². The Bertz CT molecular complexity index is 271. The van der Waals surface area contributed by atoms with E-state index in [2.05, 4.69) is 13.8 Å². The molecule has 0 rings (SSSR count). The number of rotatable bonds is 9. The maximum Gasteiger partial charge on any atom is 0.268 e. The average molecular weight is 264 g/mol. The normalized spacial score (nSPS) is 17.7. The van der Waals surface area contributed by atoms with Gasteiger partial charge in [0.15, 0.2) is 0 Å². The molecule has 0 aliphatic carbocycles. The van der Waals surface area contributed by atoms with Crippen LogP contribution in [0.2, 0.25) is 0 Å². The molecule has 0 heterocycles. The van der Waals surface area contributed by atoms with Crippen molar-refractivity contribution in [2.24, 2.45) is 11.8 Å². The molecule has 17 heavy (non-hydrogen) atoms. The third-order valence-corrected chi connectivity index (χ3v) is 5.11. The van der Waals surface area contributed by atoms with Crippen molar-refractivity contribution in [1.82, 2.24) is 0 Å². The average Bonchev–Trinajstić information content (AvgIpc) is 2.21. The number of hydrogen-bond donors (Lipinski definition) is 1. The van der Waals surface area contributed by atoms with E-state index in [4.69, 9.17) is 0 Å². The summed E-state index contributed by atoms with van der Waals surface area (Å²) in [5.41, 5.74) is 0. The highest BCUT2D eigenvalue weighted by atomic mass is 32.2. The van der Waals surface area contributed by atoms with Crippen molar-refractivity contribution >= 4 is 10.1 Å². The predicted octanol–water partition coefficient (Wildman–Crippen LogP) is 3.90. The highest BCUT2D eigenvalue weighted by Crippen LogP contribution is 2.28. The van der Waals surface area contributed by atoms with Crippen molar-refractivity contribution in [2.45, 2.75) is 71.5 Å². The Morgan fingerprint density at radius 1 is 0.941 bits per heavy atom. The van der Waals surface area contributed by atoms with Gasteiger partial charge in [-0.3, -0.25) is 4.55 Å². The fourth-order valence-electron chi connectivity index (χ4n) is 2.53. The lowest BCUT2D eigenvalue weighted by Gasteiger charge is -2.27. The Balaban J connectivity index is 4.64. The van der Waals surface area contributed by atoms with Gasteiger partial charge in [-0.2, -0.15) is 8.42 Å². The van der Waals surface area contributed by atoms with E-state index >= 15 is 0 Å². The molecule has 0 aromatic heterocycles. The molecule has 4 heteroatoms. The van der Waals surface area contributed by atoms with Crippen molar-refractivity contribution in [3.8, 4) is 0 Å². The first-order valence-corrected chi connectivity index (χ1v) is 8.31. The molecule has 0 radical (unpaired) electrons. The zero-order valence-corrected chi connectivity index (χ0v) is 12.5. The topological polar surface area (TPSA) is 54.4 Å². The van der Waals surface area contributed by atoms with Gasteiger partial charge in [0.1, 0.15) is 0 Å². The van der Waals surface area contributed by atoms with Crippen LogP contribution in [-0.4, -0.2) is 18.2 Å². The predicted molar refractivity (Wildman–Crippen MR) is 72.7 cm³/mol. The smallest absolute Gasteiger partial charge is 0.268 e. The fraction of sp³-hybridized carbons (Fsp3) is 1.00. The molecule has 0 spiro atoms. The van der Waals surface area contributed by atoms with Crippen LogP contribution in [0.1, 0.15) is 66.2 Å². The quantitative estimate of drug-likeness (QED) is 0.643. The third kappa shape index (κ3) is 6.41. The van der Waals surface area contributed by atoms with E-state index in [-0.39, 0.29) is 11.8 Å². The van der Waals surface area contributed by atoms with Crippen LogP contribution in [0.15, 0.2) is 0 Å². The second kappa shape index (κ2) is 8.09. The molecule has 0 saturated carbocycles. The highest BCUT2D eigenvalue weighted by molar-refractivity contribution is 7.86. The summed E-state index contributed by atoms with van der Waals surface area (Å²) in [7, 11) is -3.92. The van der Waals surface area contributed by atoms with Crippen LogP contribution in [0.3, 0.4) is 0 Å². The maximum absolute atomic E-state index is 11.5. The van der Waals surface area contributed by atoms with Gasteiger partial charge in [-0.1, -0.05) is 53.4 Å². The molecule has 0 amide bonds. The van der Waals surface area contributed by atoms with Crippen LogP contribution >= 0.6 is 0 Å². The zero-order chi connectivity index (χ0) is 13.5. The van der Waals surface area contributed by atoms with Gasteiger partial charge < -0.3 is 0 Å². The van der Waals surface area contributed by atoms with Crippen LogP contribution in [0.25, 0.3) is 0 Å². The summed E-state index contributed by atoms with van der Waals surface area (Å²) in [6.45, 7) is 8.07. The third-order valence-electron chi connectivity index (χ3n) is 3.49. The van der Waals surface area contributed by atoms with Gasteiger partial charge in [0, 0.05) is 0 Å². The Morgan fingerprint density at radius 2 is 1.29 bits per heavy atom. The molecular weight excluding hydrogens is 236 g/mol. The summed E-state index contributed by atoms with van der Waals surface area (Å²) < 4.78 is 32.4. The van der Waals surface area contributed by atoms with Crippen LogP contribution in [0.5, 0.6) is 0 Å². The summed E-state index contributed by atoms with van der Waals surface area (Å²) >= 11 is 0. The second-order valence-corrected chi connectivity index (χ2v) is 6.79. The van der Waals surface area contributed by atoms with E-state index in [1.54, 1.807) is 0 Å². The van der Waals surface area contributed by atoms with E-state index < -0.39 is 15.4 Å². The van der Waals surface area contributed by atoms with Crippen molar-refractivity contribution in [3.63, 3.8) is 0 Å². The minimum atomic E-state index is -3.92. The fourth-order valence-corrected chi connectivity index (χ4v) is 3.98. The lowest BCUT2D eigenvalue weighted by atomic mass is 9.89. The first kappa shape index (κ1) is 16.9. The largest absolute Gasteiger partial charge is 0.285 e. The molecular formula is C13H28O3S. The molecule has 0 saturated heterocycles. The molecule has 0 aromatic rings. The number of unbranched alkanes of at least 4 members (excludes halogenated alkanes) is 2. The minimum Gasteiger partial charge on any atom is -0.285 e. The summed E-state index contributed by atoms with van der Waals surface area (Å²) in [5, 5.41) is -0.597. The van der Waals surface area contributed by atoms with Crippen molar-refractivity contribution in [2.75, 3.05) is 0 Å². The molecule has 0 aliphatic heterocycles. The van der Waals surface area contributed by atoms with E-state index in [9.17, 15) is 13.0 Å². The van der Waals surface area contributed by atoms with E-state index in [1.165, 1.54) is 0 Å². The monoisotopic (exact) mass is 264 g/mol. The van der Waals surface area contributed by atoms with Crippen molar-refractivity contribution in [3.05, 3.63) is 0 Å². The van der Waals surface area contributed by atoms with Crippen LogP contribution in [-0.2, 0) is 10.1 Å². The first-order chi connectivity index (χ1) is 7.84. The standard InChI is InChI=1S/C13H28O3S/c1-5-7-9-11(3)13(17(14,15)16)12(4)10-8-6-2/h11-13H,5-10H2,1-4H3,(H,14,15,16). The van der Waals surface area contributed by atoms with E-state index in [1.807, 2.05) is 13.8 Å². The molecule has 1 N–H and O–H groups in total. The van der Waals surface area contributed by atoms with Crippen molar-refractivity contribution < 1.29 is 13.0 Å². The Kier molecular flexibility index (Phi) is 8.05. The summed E-state index contributed by atoms with van der Waals surface area (Å²) in [4.78, 5) is 0. The van der Waals surface area contributed by atoms with Gasteiger partial charge in [-0.05, 0) is 24.7 Å². The molecule has 104 valence electrons. The Morgan fingerprint density at radius 3 is 1.53 bits per heavy atom. The Hall–Kier alpha value is -0.0900. The molecule has 0 aromatic carbocycles. The summed E-state index contributed by atoms with van der Waals surface area (Å²) in [6.07, 6.45) is 5.91. The molecule has 0 aliphatic rings. The molecule has 3 nitrogen and oxygen atoms in total. The van der Waals surface area contributed by atoms with Gasteiger partial charge >= 0.3 is 0 Å². The minimum absolute atomic E-state index is 0.0387. The lowest BCUT2D eigenvalue weighted by molar-refractivity contribution is 0.337. The van der Waals surface area contributed by atoms with Crippen LogP contribution in [0, 0.1) is 11.8 Å². The maximum atomic E-state index is 11.5. The van der Waals surface area contributed by atoms with E-state index in [0.717, 1.165) is 38.5 Å². The first-order valence-electron chi connectivity index (χ1n) is 6.80. The molecule has 2 atom stereocenters. The highest BCUT2D eigenvalue weighted by Gasteiger charge is 2.33. The van der Waals surface area contributed by atoms with Crippen molar-refractivity contribution in [1.29, 1.82) is 0 Å². The van der Waals surface area contributed by atoms with Gasteiger partial charge in [-0.25, -0.2) is 0 Å². The van der Waals surface area contributed by atoms with Gasteiger partial charge in [0.2, 0.25) is 0 Å². The molecule has 0 bridgehead atoms. The second-order valence-electron chi connectivity index (χ2n) is 5.22. The van der Waals surface area contributed by atoms with Gasteiger partial charge in [0.25, 0.3) is 10.1 Å². The number of hydrogen-bond acceptors (Lipinski definition) is 2. The van der Waals surface area contributed by atoms with Gasteiger partial charge in [-0.15, -0.1) is 0 Å². The van der Waals surface area contributed by atoms with Gasteiger partial charge in [0.05, 0.1) is 5.25 Å². The molecule has 0 fully saturated rings. The lowest BCUT2D eigenvalue weighted by Crippen LogP contribution is -2.34. The zero-order valence-electron chi connectivity index (χ0n) is 11.6. The van der Waals surface area contributed by atoms with Crippen LogP contribution < -0.4 is 0 Å². The molecule has 2 unspecified atom stereocenters. The SMILES string of the molecule is CCCCC(C)C(C(C)CCCC)S(=O)(=O)O. The summed E-state index contributed by atoms with van der Waals surface area (Å²) in [6, 6.07) is 0. The Labute approximate surface area is 107 Å². The van der Waals surface area contributed by atoms with E-state index in [0.29, 0.717) is 0 Å².